The molecule has 1 saturated heterocycles. The highest BCUT2D eigenvalue weighted by atomic mass is 16.3. The van der Waals surface area contributed by atoms with Crippen molar-refractivity contribution in [3.63, 3.8) is 0 Å². The molecule has 14 heavy (non-hydrogen) atoms. The van der Waals surface area contributed by atoms with E-state index in [4.69, 9.17) is 10.8 Å². The Morgan fingerprint density at radius 2 is 2.07 bits per heavy atom. The number of hydrogen-bond donors (Lipinski definition) is 2. The molecule has 0 aliphatic carbocycles. The van der Waals surface area contributed by atoms with Gasteiger partial charge in [-0.05, 0) is 12.8 Å². The van der Waals surface area contributed by atoms with Crippen molar-refractivity contribution in [2.24, 2.45) is 0 Å². The summed E-state index contributed by atoms with van der Waals surface area (Å²) in [6.45, 7) is 2.45. The number of aliphatic hydroxyl groups is 1. The van der Waals surface area contributed by atoms with Crippen LogP contribution in [0.2, 0.25) is 0 Å². The van der Waals surface area contributed by atoms with Crippen LogP contribution in [-0.2, 0) is 6.54 Å². The van der Waals surface area contributed by atoms with Crippen LogP contribution >= 0.6 is 0 Å². The molecule has 6 heteroatoms. The zero-order valence-electron chi connectivity index (χ0n) is 8.06. The standard InChI is InChI=1S/C8H15N5O/c9-7-10-8(11-13(7)5-6-14)12-3-1-2-4-12/h14H,1-6H2,(H2,9,10,11). The van der Waals surface area contributed by atoms with E-state index < -0.39 is 0 Å². The number of hydrogen-bond acceptors (Lipinski definition) is 5. The number of rotatable bonds is 3. The lowest BCUT2D eigenvalue weighted by Gasteiger charge is -2.10. The summed E-state index contributed by atoms with van der Waals surface area (Å²) in [7, 11) is 0. The van der Waals surface area contributed by atoms with Crippen molar-refractivity contribution in [1.29, 1.82) is 0 Å². The molecule has 0 atom stereocenters. The fourth-order valence-electron chi connectivity index (χ4n) is 1.65. The zero-order chi connectivity index (χ0) is 9.97. The van der Waals surface area contributed by atoms with Crippen molar-refractivity contribution >= 4 is 11.9 Å². The SMILES string of the molecule is Nc1nc(N2CCCC2)nn1CCO. The predicted molar refractivity (Wildman–Crippen MR) is 53.0 cm³/mol. The summed E-state index contributed by atoms with van der Waals surface area (Å²) >= 11 is 0. The molecule has 0 amide bonds. The molecule has 0 spiro atoms. The lowest BCUT2D eigenvalue weighted by molar-refractivity contribution is 0.270. The molecule has 1 aliphatic rings. The Hall–Kier alpha value is -1.30. The van der Waals surface area contributed by atoms with E-state index in [0.29, 0.717) is 18.4 Å². The lowest BCUT2D eigenvalue weighted by atomic mass is 10.4. The molecule has 0 aromatic carbocycles. The molecule has 2 rings (SSSR count). The quantitative estimate of drug-likeness (QED) is 0.679. The molecule has 1 aromatic heterocycles. The fraction of sp³-hybridized carbons (Fsp3) is 0.750. The molecule has 1 fully saturated rings. The number of nitrogens with zero attached hydrogens (tertiary/aromatic N) is 4. The van der Waals surface area contributed by atoms with Crippen molar-refractivity contribution < 1.29 is 5.11 Å². The van der Waals surface area contributed by atoms with Gasteiger partial charge in [0.15, 0.2) is 0 Å². The van der Waals surface area contributed by atoms with Gasteiger partial charge < -0.3 is 15.7 Å². The Balaban J connectivity index is 2.14. The van der Waals surface area contributed by atoms with Crippen molar-refractivity contribution in [1.82, 2.24) is 14.8 Å². The van der Waals surface area contributed by atoms with E-state index in [-0.39, 0.29) is 6.61 Å². The largest absolute Gasteiger partial charge is 0.394 e. The second-order valence-corrected chi connectivity index (χ2v) is 3.41. The monoisotopic (exact) mass is 197 g/mol. The van der Waals surface area contributed by atoms with Crippen LogP contribution in [0.5, 0.6) is 0 Å². The Bertz CT molecular complexity index is 305. The first-order chi connectivity index (χ1) is 6.81. The van der Waals surface area contributed by atoms with Gasteiger partial charge in [-0.1, -0.05) is 0 Å². The average molecular weight is 197 g/mol. The molecule has 0 saturated carbocycles. The van der Waals surface area contributed by atoms with Gasteiger partial charge in [0.1, 0.15) is 0 Å². The molecule has 0 unspecified atom stereocenters. The van der Waals surface area contributed by atoms with Gasteiger partial charge in [0.05, 0.1) is 13.2 Å². The van der Waals surface area contributed by atoms with Gasteiger partial charge >= 0.3 is 0 Å². The molecule has 0 bridgehead atoms. The van der Waals surface area contributed by atoms with Gasteiger partial charge in [0, 0.05) is 13.1 Å². The van der Waals surface area contributed by atoms with Crippen LogP contribution in [0.15, 0.2) is 0 Å². The second-order valence-electron chi connectivity index (χ2n) is 3.41. The number of nitrogen functional groups attached to an aromatic ring is 1. The van der Waals surface area contributed by atoms with Crippen molar-refractivity contribution in [3.8, 4) is 0 Å². The smallest absolute Gasteiger partial charge is 0.246 e. The Kier molecular flexibility index (Phi) is 2.53. The Labute approximate surface area is 82.3 Å². The molecule has 1 aromatic rings. The maximum atomic E-state index is 8.76. The van der Waals surface area contributed by atoms with Crippen LogP contribution in [0.1, 0.15) is 12.8 Å². The molecular weight excluding hydrogens is 182 g/mol. The van der Waals surface area contributed by atoms with E-state index in [1.165, 1.54) is 17.5 Å². The van der Waals surface area contributed by atoms with Gasteiger partial charge in [0.25, 0.3) is 0 Å². The van der Waals surface area contributed by atoms with Crippen LogP contribution in [0, 0.1) is 0 Å². The van der Waals surface area contributed by atoms with Gasteiger partial charge in [-0.2, -0.15) is 4.98 Å². The minimum absolute atomic E-state index is 0.0347. The van der Waals surface area contributed by atoms with Crippen LogP contribution in [0.4, 0.5) is 11.9 Å². The number of nitrogens with two attached hydrogens (primary N) is 1. The van der Waals surface area contributed by atoms with E-state index in [1.54, 1.807) is 0 Å². The van der Waals surface area contributed by atoms with Gasteiger partial charge in [-0.15, -0.1) is 5.10 Å². The van der Waals surface area contributed by atoms with Gasteiger partial charge in [-0.3, -0.25) is 0 Å². The first kappa shape index (κ1) is 9.26. The topological polar surface area (TPSA) is 80.2 Å². The number of aromatic nitrogens is 3. The summed E-state index contributed by atoms with van der Waals surface area (Å²) in [6.07, 6.45) is 2.38. The average Bonchev–Trinajstić information content (AvgIpc) is 2.76. The van der Waals surface area contributed by atoms with E-state index in [1.807, 2.05) is 0 Å². The minimum atomic E-state index is 0.0347. The lowest BCUT2D eigenvalue weighted by Crippen LogP contribution is -2.19. The fourth-order valence-corrected chi connectivity index (χ4v) is 1.65. The Morgan fingerprint density at radius 3 is 2.71 bits per heavy atom. The van der Waals surface area contributed by atoms with Crippen LogP contribution < -0.4 is 10.6 Å². The highest BCUT2D eigenvalue weighted by Gasteiger charge is 2.17. The molecule has 78 valence electrons. The van der Waals surface area contributed by atoms with E-state index in [9.17, 15) is 0 Å². The van der Waals surface area contributed by atoms with Crippen molar-refractivity contribution in [2.45, 2.75) is 19.4 Å². The highest BCUT2D eigenvalue weighted by molar-refractivity contribution is 5.35. The number of anilines is 2. The van der Waals surface area contributed by atoms with Gasteiger partial charge in [-0.25, -0.2) is 4.68 Å². The highest BCUT2D eigenvalue weighted by Crippen LogP contribution is 2.16. The maximum absolute atomic E-state index is 8.76. The van der Waals surface area contributed by atoms with Crippen LogP contribution in [0.25, 0.3) is 0 Å². The molecule has 2 heterocycles. The third-order valence-electron chi connectivity index (χ3n) is 2.39. The first-order valence-corrected chi connectivity index (χ1v) is 4.87. The second kappa shape index (κ2) is 3.83. The maximum Gasteiger partial charge on any atom is 0.246 e. The summed E-state index contributed by atoms with van der Waals surface area (Å²) < 4.78 is 1.54. The van der Waals surface area contributed by atoms with Crippen LogP contribution in [-0.4, -0.2) is 39.6 Å². The minimum Gasteiger partial charge on any atom is -0.394 e. The van der Waals surface area contributed by atoms with Crippen molar-refractivity contribution in [2.75, 3.05) is 30.3 Å². The summed E-state index contributed by atoms with van der Waals surface area (Å²) in [5, 5.41) is 13.0. The molecule has 6 nitrogen and oxygen atoms in total. The predicted octanol–water partition coefficient (Wildman–Crippen LogP) is -0.547. The normalized spacial score (nSPS) is 16.5. The molecule has 0 radical (unpaired) electrons. The van der Waals surface area contributed by atoms with Crippen molar-refractivity contribution in [3.05, 3.63) is 0 Å². The summed E-state index contributed by atoms with van der Waals surface area (Å²) in [5.74, 6) is 1.06. The Morgan fingerprint density at radius 1 is 1.36 bits per heavy atom. The van der Waals surface area contributed by atoms with Crippen LogP contribution in [0.3, 0.4) is 0 Å². The molecule has 1 aliphatic heterocycles. The zero-order valence-corrected chi connectivity index (χ0v) is 8.06. The molecular formula is C8H15N5O. The third kappa shape index (κ3) is 1.65. The van der Waals surface area contributed by atoms with Gasteiger partial charge in [0.2, 0.25) is 11.9 Å². The first-order valence-electron chi connectivity index (χ1n) is 4.87. The summed E-state index contributed by atoms with van der Waals surface area (Å²) in [5.41, 5.74) is 5.65. The summed E-state index contributed by atoms with van der Waals surface area (Å²) in [4.78, 5) is 6.27. The molecule has 3 N–H and O–H groups in total. The number of aliphatic hydroxyl groups excluding tert-OH is 1. The third-order valence-corrected chi connectivity index (χ3v) is 2.39. The van der Waals surface area contributed by atoms with E-state index >= 15 is 0 Å². The van der Waals surface area contributed by atoms with E-state index in [0.717, 1.165) is 13.1 Å². The van der Waals surface area contributed by atoms with E-state index in [2.05, 4.69) is 15.0 Å². The summed E-state index contributed by atoms with van der Waals surface area (Å²) in [6, 6.07) is 0.